The van der Waals surface area contributed by atoms with E-state index < -0.39 is 41.1 Å². The molecule has 0 fully saturated rings. The summed E-state index contributed by atoms with van der Waals surface area (Å²) in [6.45, 7) is 9.17. The van der Waals surface area contributed by atoms with Gasteiger partial charge < -0.3 is 20.8 Å². The Bertz CT molecular complexity index is 749. The number of nitrogens with one attached hydrogen (secondary N) is 2. The van der Waals surface area contributed by atoms with Crippen molar-refractivity contribution in [2.24, 2.45) is 17.3 Å². The first kappa shape index (κ1) is 24.1. The minimum atomic E-state index is -1.07. The van der Waals surface area contributed by atoms with E-state index in [-0.39, 0.29) is 17.9 Å². The molecule has 4 N–H and O–H groups in total. The van der Waals surface area contributed by atoms with Crippen LogP contribution in [-0.4, -0.2) is 40.0 Å². The molecule has 0 heterocycles. The molecule has 2 amide bonds. The first-order valence-corrected chi connectivity index (χ1v) is 9.47. The van der Waals surface area contributed by atoms with Gasteiger partial charge in [-0.15, -0.1) is 0 Å². The summed E-state index contributed by atoms with van der Waals surface area (Å²) in [6, 6.07) is 4.77. The fourth-order valence-electron chi connectivity index (χ4n) is 2.91. The lowest BCUT2D eigenvalue weighted by atomic mass is 9.85. The molecule has 1 aromatic carbocycles. The zero-order valence-corrected chi connectivity index (χ0v) is 17.5. The van der Waals surface area contributed by atoms with Crippen molar-refractivity contribution in [3.05, 3.63) is 29.8 Å². The van der Waals surface area contributed by atoms with Gasteiger partial charge in [-0.1, -0.05) is 34.6 Å². The Hall–Kier alpha value is -2.90. The minimum absolute atomic E-state index is 0.0915. The number of carbonyl (C=O) groups excluding carboxylic acids is 2. The van der Waals surface area contributed by atoms with Crippen LogP contribution in [0.15, 0.2) is 24.3 Å². The monoisotopic (exact) mass is 406 g/mol. The fourth-order valence-corrected chi connectivity index (χ4v) is 2.91. The maximum atomic E-state index is 12.8. The molecule has 0 saturated heterocycles. The molecule has 0 bridgehead atoms. The quantitative estimate of drug-likeness (QED) is 0.498. The summed E-state index contributed by atoms with van der Waals surface area (Å²) in [5.41, 5.74) is -0.145. The van der Waals surface area contributed by atoms with Crippen molar-refractivity contribution in [2.45, 2.75) is 53.5 Å². The topological polar surface area (TPSA) is 133 Å². The van der Waals surface area contributed by atoms with E-state index in [1.165, 1.54) is 24.3 Å². The van der Waals surface area contributed by atoms with Gasteiger partial charge in [0.15, 0.2) is 0 Å². The predicted octanol–water partition coefficient (Wildman–Crippen LogP) is 2.99. The molecule has 8 heteroatoms. The zero-order valence-electron chi connectivity index (χ0n) is 17.5. The van der Waals surface area contributed by atoms with Crippen LogP contribution >= 0.6 is 0 Å². The molecule has 0 aliphatic rings. The van der Waals surface area contributed by atoms with Crippen molar-refractivity contribution >= 4 is 29.4 Å². The fraction of sp³-hybridized carbons (Fsp3) is 0.524. The van der Waals surface area contributed by atoms with Gasteiger partial charge in [0.1, 0.15) is 6.04 Å². The van der Waals surface area contributed by atoms with E-state index in [9.17, 15) is 19.2 Å². The normalized spacial score (nSPS) is 13.4. The molecule has 160 valence electrons. The minimum Gasteiger partial charge on any atom is -0.481 e. The van der Waals surface area contributed by atoms with Crippen molar-refractivity contribution in [1.82, 2.24) is 5.32 Å². The van der Waals surface area contributed by atoms with Crippen LogP contribution in [0.1, 0.15) is 57.8 Å². The summed E-state index contributed by atoms with van der Waals surface area (Å²) in [7, 11) is 0. The first-order valence-electron chi connectivity index (χ1n) is 9.47. The van der Waals surface area contributed by atoms with Gasteiger partial charge >= 0.3 is 11.9 Å². The van der Waals surface area contributed by atoms with Crippen molar-refractivity contribution in [3.8, 4) is 0 Å². The maximum Gasteiger partial charge on any atom is 0.335 e. The summed E-state index contributed by atoms with van der Waals surface area (Å²) >= 11 is 0. The largest absolute Gasteiger partial charge is 0.481 e. The Labute approximate surface area is 170 Å². The van der Waals surface area contributed by atoms with E-state index in [1.807, 2.05) is 13.8 Å². The summed E-state index contributed by atoms with van der Waals surface area (Å²) in [5.74, 6) is -3.69. The lowest BCUT2D eigenvalue weighted by Crippen LogP contribution is -2.53. The van der Waals surface area contributed by atoms with Crippen LogP contribution in [0, 0.1) is 17.3 Å². The van der Waals surface area contributed by atoms with Crippen LogP contribution in [0.5, 0.6) is 0 Å². The van der Waals surface area contributed by atoms with Gasteiger partial charge in [-0.3, -0.25) is 14.4 Å². The second-order valence-corrected chi connectivity index (χ2v) is 8.60. The van der Waals surface area contributed by atoms with Crippen LogP contribution < -0.4 is 10.6 Å². The van der Waals surface area contributed by atoms with E-state index in [2.05, 4.69) is 10.6 Å². The molecule has 0 saturated carbocycles. The van der Waals surface area contributed by atoms with E-state index in [0.29, 0.717) is 12.1 Å². The Morgan fingerprint density at radius 2 is 1.52 bits per heavy atom. The number of anilines is 1. The van der Waals surface area contributed by atoms with Crippen molar-refractivity contribution < 1.29 is 29.4 Å². The van der Waals surface area contributed by atoms with E-state index in [0.717, 1.165) is 0 Å². The Morgan fingerprint density at radius 1 is 0.966 bits per heavy atom. The highest BCUT2D eigenvalue weighted by molar-refractivity contribution is 5.98. The molecule has 0 aromatic heterocycles. The van der Waals surface area contributed by atoms with E-state index >= 15 is 0 Å². The number of amides is 2. The highest BCUT2D eigenvalue weighted by Gasteiger charge is 2.35. The molecule has 29 heavy (non-hydrogen) atoms. The average molecular weight is 406 g/mol. The van der Waals surface area contributed by atoms with Gasteiger partial charge in [-0.25, -0.2) is 4.79 Å². The number of carboxylic acid groups (broad SMARTS) is 2. The Morgan fingerprint density at radius 3 is 1.93 bits per heavy atom. The summed E-state index contributed by atoms with van der Waals surface area (Å²) in [5, 5.41) is 23.4. The lowest BCUT2D eigenvalue weighted by Gasteiger charge is -2.31. The molecule has 0 aliphatic heterocycles. The number of rotatable bonds is 9. The van der Waals surface area contributed by atoms with E-state index in [4.69, 9.17) is 10.2 Å². The molecule has 0 aliphatic carbocycles. The SMILES string of the molecule is CC(C)CC(CC(=O)O)C(=O)NC(C(=O)Nc1ccc(C(=O)O)cc1)C(C)(C)C. The Balaban J connectivity index is 2.97. The standard InChI is InChI=1S/C21H30N2O6/c1-12(2)10-14(11-16(24)25)18(26)23-17(21(3,4)5)19(27)22-15-8-6-13(7-9-15)20(28)29/h6-9,12,14,17H,10-11H2,1-5H3,(H,22,27)(H,23,26)(H,24,25)(H,28,29). The van der Waals surface area contributed by atoms with Gasteiger partial charge in [-0.05, 0) is 42.0 Å². The lowest BCUT2D eigenvalue weighted by molar-refractivity contribution is -0.142. The van der Waals surface area contributed by atoms with Crippen LogP contribution in [0.3, 0.4) is 0 Å². The summed E-state index contributed by atoms with van der Waals surface area (Å²) in [4.78, 5) is 47.6. The smallest absolute Gasteiger partial charge is 0.335 e. The van der Waals surface area contributed by atoms with Crippen LogP contribution in [0.2, 0.25) is 0 Å². The van der Waals surface area contributed by atoms with Crippen LogP contribution in [-0.2, 0) is 14.4 Å². The molecular weight excluding hydrogens is 376 g/mol. The van der Waals surface area contributed by atoms with Crippen molar-refractivity contribution in [2.75, 3.05) is 5.32 Å². The van der Waals surface area contributed by atoms with Crippen molar-refractivity contribution in [3.63, 3.8) is 0 Å². The molecule has 0 spiro atoms. The Kier molecular flexibility index (Phi) is 8.36. The number of hydrogen-bond donors (Lipinski definition) is 4. The summed E-state index contributed by atoms with van der Waals surface area (Å²) in [6.07, 6.45) is 0.0897. The highest BCUT2D eigenvalue weighted by atomic mass is 16.4. The third-order valence-corrected chi connectivity index (χ3v) is 4.36. The molecule has 0 radical (unpaired) electrons. The summed E-state index contributed by atoms with van der Waals surface area (Å²) < 4.78 is 0. The molecule has 8 nitrogen and oxygen atoms in total. The molecule has 1 rings (SSSR count). The van der Waals surface area contributed by atoms with Gasteiger partial charge in [0.25, 0.3) is 0 Å². The second-order valence-electron chi connectivity index (χ2n) is 8.60. The third kappa shape index (κ3) is 7.93. The number of carbonyl (C=O) groups is 4. The van der Waals surface area contributed by atoms with Gasteiger partial charge in [0, 0.05) is 11.6 Å². The van der Waals surface area contributed by atoms with Gasteiger partial charge in [0.05, 0.1) is 12.0 Å². The number of aliphatic carboxylic acids is 1. The average Bonchev–Trinajstić information content (AvgIpc) is 2.57. The number of aromatic carboxylic acids is 1. The predicted molar refractivity (Wildman–Crippen MR) is 109 cm³/mol. The zero-order chi connectivity index (χ0) is 22.4. The molecule has 2 unspecified atom stereocenters. The maximum absolute atomic E-state index is 12.8. The van der Waals surface area contributed by atoms with E-state index in [1.54, 1.807) is 20.8 Å². The highest BCUT2D eigenvalue weighted by Crippen LogP contribution is 2.23. The number of hydrogen-bond acceptors (Lipinski definition) is 4. The van der Waals surface area contributed by atoms with Gasteiger partial charge in [-0.2, -0.15) is 0 Å². The number of benzene rings is 1. The number of carboxylic acids is 2. The molecule has 2 atom stereocenters. The van der Waals surface area contributed by atoms with Crippen LogP contribution in [0.4, 0.5) is 5.69 Å². The van der Waals surface area contributed by atoms with Crippen molar-refractivity contribution in [1.29, 1.82) is 0 Å². The molecular formula is C21H30N2O6. The first-order chi connectivity index (χ1) is 13.3. The van der Waals surface area contributed by atoms with Crippen LogP contribution in [0.25, 0.3) is 0 Å². The van der Waals surface area contributed by atoms with Gasteiger partial charge in [0.2, 0.25) is 11.8 Å². The second kappa shape index (κ2) is 10.0. The molecule has 1 aromatic rings. The third-order valence-electron chi connectivity index (χ3n) is 4.36.